The minimum atomic E-state index is 0.634. The molecule has 0 amide bonds. The number of halogens is 1. The van der Waals surface area contributed by atoms with Gasteiger partial charge in [0.15, 0.2) is 0 Å². The Morgan fingerprint density at radius 1 is 1.75 bits per heavy atom. The molecule has 0 fully saturated rings. The van der Waals surface area contributed by atoms with E-state index in [1.54, 1.807) is 0 Å². The molecule has 0 rings (SSSR count). The molecule has 0 saturated heterocycles. The van der Waals surface area contributed by atoms with Crippen LogP contribution < -0.4 is 0 Å². The molecule has 0 nitrogen and oxygen atoms in total. The van der Waals surface area contributed by atoms with Gasteiger partial charge < -0.3 is 0 Å². The van der Waals surface area contributed by atoms with Gasteiger partial charge >= 0.3 is 0 Å². The number of alkyl halides is 1. The molecule has 0 aromatic heterocycles. The second-order valence-corrected chi connectivity index (χ2v) is 3.41. The van der Waals surface area contributed by atoms with E-state index in [0.717, 1.165) is 19.3 Å². The van der Waals surface area contributed by atoms with Gasteiger partial charge in [0.2, 0.25) is 0 Å². The van der Waals surface area contributed by atoms with Crippen molar-refractivity contribution in [3.05, 3.63) is 6.92 Å². The van der Waals surface area contributed by atoms with E-state index in [1.807, 2.05) is 0 Å². The zero-order chi connectivity index (χ0) is 6.41. The fourth-order valence-electron chi connectivity index (χ4n) is 0.451. The Morgan fingerprint density at radius 3 is 2.75 bits per heavy atom. The normalized spacial score (nSPS) is 12.6. The summed E-state index contributed by atoms with van der Waals surface area (Å²) in [5.41, 5.74) is 0. The SMILES string of the molecule is C#CCC(I)CC[CH2]. The van der Waals surface area contributed by atoms with Gasteiger partial charge in [0.05, 0.1) is 0 Å². The van der Waals surface area contributed by atoms with Gasteiger partial charge in [-0.05, 0) is 6.42 Å². The summed E-state index contributed by atoms with van der Waals surface area (Å²) in [4.78, 5) is 0. The van der Waals surface area contributed by atoms with Gasteiger partial charge in [-0.15, -0.1) is 12.3 Å². The van der Waals surface area contributed by atoms with Gasteiger partial charge in [-0.3, -0.25) is 0 Å². The summed E-state index contributed by atoms with van der Waals surface area (Å²) in [6.45, 7) is 3.73. The van der Waals surface area contributed by atoms with Crippen LogP contribution in [0.15, 0.2) is 0 Å². The van der Waals surface area contributed by atoms with E-state index in [0.29, 0.717) is 3.92 Å². The molecule has 0 heterocycles. The molecular weight excluding hydrogens is 211 g/mol. The predicted octanol–water partition coefficient (Wildman–Crippen LogP) is 2.43. The number of rotatable bonds is 3. The molecule has 1 radical (unpaired) electrons. The van der Waals surface area contributed by atoms with E-state index in [9.17, 15) is 0 Å². The van der Waals surface area contributed by atoms with Crippen LogP contribution in [0, 0.1) is 19.3 Å². The summed E-state index contributed by atoms with van der Waals surface area (Å²) in [5, 5.41) is 0. The van der Waals surface area contributed by atoms with Crippen molar-refractivity contribution in [3.63, 3.8) is 0 Å². The van der Waals surface area contributed by atoms with Gasteiger partial charge in [-0.2, -0.15) is 0 Å². The lowest BCUT2D eigenvalue weighted by Gasteiger charge is -1.99. The van der Waals surface area contributed by atoms with Crippen LogP contribution in [0.1, 0.15) is 19.3 Å². The van der Waals surface area contributed by atoms with Crippen LogP contribution in [-0.4, -0.2) is 3.92 Å². The van der Waals surface area contributed by atoms with Crippen LogP contribution in [0.2, 0.25) is 0 Å². The molecule has 0 bridgehead atoms. The summed E-state index contributed by atoms with van der Waals surface area (Å²) in [6, 6.07) is 0. The Balaban J connectivity index is 3.08. The third-order valence-electron chi connectivity index (χ3n) is 0.857. The maximum absolute atomic E-state index is 5.08. The smallest absolute Gasteiger partial charge is 0.0219 e. The predicted molar refractivity (Wildman–Crippen MR) is 45.8 cm³/mol. The number of terminal acetylenes is 1. The third-order valence-corrected chi connectivity index (χ3v) is 1.92. The van der Waals surface area contributed by atoms with Crippen molar-refractivity contribution in [2.75, 3.05) is 0 Å². The van der Waals surface area contributed by atoms with E-state index in [-0.39, 0.29) is 0 Å². The lowest BCUT2D eigenvalue weighted by atomic mass is 10.2. The topological polar surface area (TPSA) is 0 Å². The monoisotopic (exact) mass is 221 g/mol. The van der Waals surface area contributed by atoms with E-state index in [2.05, 4.69) is 35.4 Å². The fourth-order valence-corrected chi connectivity index (χ4v) is 1.15. The molecule has 0 N–H and O–H groups in total. The summed E-state index contributed by atoms with van der Waals surface area (Å²) in [7, 11) is 0. The second-order valence-electron chi connectivity index (χ2n) is 1.65. The van der Waals surface area contributed by atoms with Crippen molar-refractivity contribution in [1.29, 1.82) is 0 Å². The Kier molecular flexibility index (Phi) is 5.62. The quantitative estimate of drug-likeness (QED) is 0.390. The Labute approximate surface area is 65.2 Å². The molecule has 0 aromatic rings. The highest BCUT2D eigenvalue weighted by Gasteiger charge is 1.96. The first-order valence-corrected chi connectivity index (χ1v) is 3.92. The fraction of sp³-hybridized carbons (Fsp3) is 0.571. The van der Waals surface area contributed by atoms with Crippen molar-refractivity contribution in [2.45, 2.75) is 23.2 Å². The molecule has 0 saturated carbocycles. The molecule has 0 aliphatic heterocycles. The summed E-state index contributed by atoms with van der Waals surface area (Å²) < 4.78 is 0.634. The summed E-state index contributed by atoms with van der Waals surface area (Å²) >= 11 is 2.36. The van der Waals surface area contributed by atoms with Crippen LogP contribution in [0.3, 0.4) is 0 Å². The Bertz CT molecular complexity index is 80.9. The van der Waals surface area contributed by atoms with Gasteiger partial charge in [0, 0.05) is 10.3 Å². The van der Waals surface area contributed by atoms with Crippen molar-refractivity contribution >= 4 is 22.6 Å². The average Bonchev–Trinajstić information content (AvgIpc) is 1.68. The van der Waals surface area contributed by atoms with E-state index >= 15 is 0 Å². The molecule has 0 aromatic carbocycles. The summed E-state index contributed by atoms with van der Waals surface area (Å²) in [5.74, 6) is 2.62. The minimum absolute atomic E-state index is 0.634. The van der Waals surface area contributed by atoms with Crippen molar-refractivity contribution in [3.8, 4) is 12.3 Å². The molecule has 0 aliphatic rings. The lowest BCUT2D eigenvalue weighted by Crippen LogP contribution is -1.92. The zero-order valence-corrected chi connectivity index (χ0v) is 7.02. The molecular formula is C7H10I. The van der Waals surface area contributed by atoms with Gasteiger partial charge in [-0.1, -0.05) is 35.9 Å². The van der Waals surface area contributed by atoms with Crippen molar-refractivity contribution in [1.82, 2.24) is 0 Å². The second kappa shape index (κ2) is 5.43. The average molecular weight is 221 g/mol. The van der Waals surface area contributed by atoms with E-state index < -0.39 is 0 Å². The largest absolute Gasteiger partial charge is 0.120 e. The van der Waals surface area contributed by atoms with E-state index in [1.165, 1.54) is 0 Å². The zero-order valence-electron chi connectivity index (χ0n) is 4.86. The van der Waals surface area contributed by atoms with Gasteiger partial charge in [-0.25, -0.2) is 0 Å². The van der Waals surface area contributed by atoms with Crippen LogP contribution >= 0.6 is 22.6 Å². The van der Waals surface area contributed by atoms with Crippen LogP contribution in [0.4, 0.5) is 0 Å². The van der Waals surface area contributed by atoms with Crippen LogP contribution in [0.25, 0.3) is 0 Å². The van der Waals surface area contributed by atoms with Crippen LogP contribution in [-0.2, 0) is 0 Å². The van der Waals surface area contributed by atoms with Gasteiger partial charge in [0.25, 0.3) is 0 Å². The van der Waals surface area contributed by atoms with E-state index in [4.69, 9.17) is 6.42 Å². The molecule has 1 heteroatoms. The highest BCUT2D eigenvalue weighted by molar-refractivity contribution is 14.1. The lowest BCUT2D eigenvalue weighted by molar-refractivity contribution is 0.814. The molecule has 8 heavy (non-hydrogen) atoms. The maximum atomic E-state index is 5.08. The third kappa shape index (κ3) is 4.45. The molecule has 1 atom stereocenters. The first kappa shape index (κ1) is 8.29. The first-order chi connectivity index (χ1) is 3.81. The standard InChI is InChI=1S/C7H10I/c1-3-5-7(8)6-4-2/h1,7H,2,4-6H2. The Morgan fingerprint density at radius 2 is 2.38 bits per heavy atom. The highest BCUT2D eigenvalue weighted by Crippen LogP contribution is 2.10. The molecule has 45 valence electrons. The molecule has 0 aliphatic carbocycles. The summed E-state index contributed by atoms with van der Waals surface area (Å²) in [6.07, 6.45) is 8.11. The number of hydrogen-bond acceptors (Lipinski definition) is 0. The Hall–Kier alpha value is 0.290. The van der Waals surface area contributed by atoms with Crippen LogP contribution in [0.5, 0.6) is 0 Å². The maximum Gasteiger partial charge on any atom is 0.0219 e. The molecule has 1 unspecified atom stereocenters. The molecule has 0 spiro atoms. The minimum Gasteiger partial charge on any atom is -0.120 e. The highest BCUT2D eigenvalue weighted by atomic mass is 127. The number of hydrogen-bond donors (Lipinski definition) is 0. The van der Waals surface area contributed by atoms with Gasteiger partial charge in [0.1, 0.15) is 0 Å². The van der Waals surface area contributed by atoms with Crippen molar-refractivity contribution < 1.29 is 0 Å². The first-order valence-electron chi connectivity index (χ1n) is 2.68. The van der Waals surface area contributed by atoms with Crippen molar-refractivity contribution in [2.24, 2.45) is 0 Å².